The Morgan fingerprint density at radius 3 is 1.93 bits per heavy atom. The topological polar surface area (TPSA) is 21.3 Å². The van der Waals surface area contributed by atoms with Crippen LogP contribution in [-0.4, -0.2) is 4.57 Å². The van der Waals surface area contributed by atoms with Crippen molar-refractivity contribution >= 4 is 71.6 Å². The Bertz CT molecular complexity index is 2450. The molecule has 9 aromatic rings. The molecule has 9 rings (SSSR count). The van der Waals surface area contributed by atoms with Crippen LogP contribution in [0.4, 0.5) is 17.1 Å². The van der Waals surface area contributed by atoms with Gasteiger partial charge in [-0.05, 0) is 60.0 Å². The van der Waals surface area contributed by atoms with E-state index >= 15 is 0 Å². The Morgan fingerprint density at radius 2 is 1.09 bits per heavy atom. The predicted octanol–water partition coefficient (Wildman–Crippen LogP) is 11.3. The third-order valence-electron chi connectivity index (χ3n) is 8.53. The van der Waals surface area contributed by atoms with Crippen LogP contribution in [0.1, 0.15) is 0 Å². The Balaban J connectivity index is 1.46. The molecule has 0 spiro atoms. The summed E-state index contributed by atoms with van der Waals surface area (Å²) in [5.74, 6) is 0. The van der Waals surface area contributed by atoms with Gasteiger partial charge in [0.2, 0.25) is 0 Å². The molecular weight excluding hydrogens is 524 g/mol. The normalized spacial score (nSPS) is 11.7. The van der Waals surface area contributed by atoms with Crippen molar-refractivity contribution in [2.24, 2.45) is 0 Å². The van der Waals surface area contributed by atoms with Gasteiger partial charge < -0.3 is 13.9 Å². The van der Waals surface area contributed by atoms with Gasteiger partial charge in [0.05, 0.1) is 16.7 Å². The van der Waals surface area contributed by atoms with Gasteiger partial charge in [-0.25, -0.2) is 0 Å². The molecule has 43 heavy (non-hydrogen) atoms. The highest BCUT2D eigenvalue weighted by Gasteiger charge is 2.24. The Kier molecular flexibility index (Phi) is 5.20. The second-order valence-electron chi connectivity index (χ2n) is 11.0. The van der Waals surface area contributed by atoms with E-state index in [1.807, 2.05) is 12.1 Å². The van der Waals surface area contributed by atoms with Gasteiger partial charge in [-0.3, -0.25) is 0 Å². The highest BCUT2D eigenvalue weighted by molar-refractivity contribution is 6.22. The number of hydrogen-bond donors (Lipinski definition) is 0. The van der Waals surface area contributed by atoms with Crippen LogP contribution in [0, 0.1) is 0 Å². The van der Waals surface area contributed by atoms with E-state index in [0.717, 1.165) is 44.7 Å². The standard InChI is InChI=1S/C40H26N2O/c1-3-14-28(15-4-1)41(30-23-24-34-33-20-10-12-22-37(33)43-38(34)26-30)39-31-18-8-7-13-27(31)25-35-32-19-9-11-21-36(32)42(40(35)39)29-16-5-2-6-17-29/h1-26H. The molecule has 0 fully saturated rings. The summed E-state index contributed by atoms with van der Waals surface area (Å²) < 4.78 is 8.82. The van der Waals surface area contributed by atoms with Crippen LogP contribution in [0.25, 0.3) is 60.2 Å². The fraction of sp³-hybridized carbons (Fsp3) is 0. The lowest BCUT2D eigenvalue weighted by Crippen LogP contribution is -2.12. The van der Waals surface area contributed by atoms with Crippen molar-refractivity contribution in [1.82, 2.24) is 4.57 Å². The van der Waals surface area contributed by atoms with E-state index in [-0.39, 0.29) is 0 Å². The molecular formula is C40H26N2O. The molecule has 0 atom stereocenters. The first-order valence-corrected chi connectivity index (χ1v) is 14.6. The Hall–Kier alpha value is -5.80. The van der Waals surface area contributed by atoms with E-state index in [1.54, 1.807) is 0 Å². The third kappa shape index (κ3) is 3.62. The van der Waals surface area contributed by atoms with Gasteiger partial charge in [0.25, 0.3) is 0 Å². The van der Waals surface area contributed by atoms with Crippen LogP contribution < -0.4 is 4.90 Å². The fourth-order valence-corrected chi connectivity index (χ4v) is 6.68. The maximum Gasteiger partial charge on any atom is 0.137 e. The maximum atomic E-state index is 6.40. The van der Waals surface area contributed by atoms with Crippen molar-refractivity contribution < 1.29 is 4.42 Å². The van der Waals surface area contributed by atoms with Crippen molar-refractivity contribution in [2.75, 3.05) is 4.90 Å². The number of aromatic nitrogens is 1. The van der Waals surface area contributed by atoms with E-state index in [2.05, 4.69) is 155 Å². The molecule has 0 saturated carbocycles. The van der Waals surface area contributed by atoms with Gasteiger partial charge in [-0.1, -0.05) is 97.1 Å². The molecule has 0 saturated heterocycles. The summed E-state index contributed by atoms with van der Waals surface area (Å²) in [6, 6.07) is 56.0. The van der Waals surface area contributed by atoms with Gasteiger partial charge in [0.1, 0.15) is 11.2 Å². The zero-order chi connectivity index (χ0) is 28.3. The first-order chi connectivity index (χ1) is 21.3. The molecule has 0 N–H and O–H groups in total. The minimum absolute atomic E-state index is 0.875. The first-order valence-electron chi connectivity index (χ1n) is 14.6. The smallest absolute Gasteiger partial charge is 0.137 e. The summed E-state index contributed by atoms with van der Waals surface area (Å²) in [6.45, 7) is 0. The molecule has 3 heteroatoms. The van der Waals surface area contributed by atoms with Crippen molar-refractivity contribution in [1.29, 1.82) is 0 Å². The van der Waals surface area contributed by atoms with Gasteiger partial charge in [0.15, 0.2) is 0 Å². The molecule has 0 aliphatic heterocycles. The molecule has 0 aliphatic carbocycles. The predicted molar refractivity (Wildman–Crippen MR) is 180 cm³/mol. The highest BCUT2D eigenvalue weighted by atomic mass is 16.3. The van der Waals surface area contributed by atoms with Crippen molar-refractivity contribution in [3.05, 3.63) is 158 Å². The molecule has 0 bridgehead atoms. The zero-order valence-electron chi connectivity index (χ0n) is 23.3. The minimum Gasteiger partial charge on any atom is -0.456 e. The van der Waals surface area contributed by atoms with Crippen LogP contribution in [0.3, 0.4) is 0 Å². The van der Waals surface area contributed by atoms with Gasteiger partial charge >= 0.3 is 0 Å². The summed E-state index contributed by atoms with van der Waals surface area (Å²) in [6.07, 6.45) is 0. The molecule has 0 radical (unpaired) electrons. The van der Waals surface area contributed by atoms with E-state index in [4.69, 9.17) is 4.42 Å². The van der Waals surface area contributed by atoms with Crippen LogP contribution in [0.15, 0.2) is 162 Å². The second-order valence-corrected chi connectivity index (χ2v) is 11.0. The van der Waals surface area contributed by atoms with Crippen LogP contribution in [0.5, 0.6) is 0 Å². The van der Waals surface area contributed by atoms with Crippen LogP contribution >= 0.6 is 0 Å². The van der Waals surface area contributed by atoms with Crippen molar-refractivity contribution in [3.63, 3.8) is 0 Å². The molecule has 2 heterocycles. The van der Waals surface area contributed by atoms with E-state index in [9.17, 15) is 0 Å². The van der Waals surface area contributed by atoms with E-state index in [1.165, 1.54) is 32.6 Å². The lowest BCUT2D eigenvalue weighted by Gasteiger charge is -2.28. The average Bonchev–Trinajstić information content (AvgIpc) is 3.61. The van der Waals surface area contributed by atoms with E-state index in [0.29, 0.717) is 0 Å². The monoisotopic (exact) mass is 550 g/mol. The number of furan rings is 1. The Labute approximate surface area is 248 Å². The number of anilines is 3. The van der Waals surface area contributed by atoms with Crippen LogP contribution in [0.2, 0.25) is 0 Å². The van der Waals surface area contributed by atoms with Crippen LogP contribution in [-0.2, 0) is 0 Å². The lowest BCUT2D eigenvalue weighted by atomic mass is 10.0. The second kappa shape index (κ2) is 9.37. The maximum absolute atomic E-state index is 6.40. The van der Waals surface area contributed by atoms with Crippen molar-refractivity contribution in [3.8, 4) is 5.69 Å². The molecule has 0 unspecified atom stereocenters. The number of rotatable bonds is 4. The molecule has 3 nitrogen and oxygen atoms in total. The lowest BCUT2D eigenvalue weighted by molar-refractivity contribution is 0.669. The quantitative estimate of drug-likeness (QED) is 0.217. The number of fused-ring (bicyclic) bond motifs is 7. The highest BCUT2D eigenvalue weighted by Crippen LogP contribution is 2.48. The third-order valence-corrected chi connectivity index (χ3v) is 8.53. The molecule has 0 aliphatic rings. The molecule has 0 amide bonds. The average molecular weight is 551 g/mol. The van der Waals surface area contributed by atoms with Gasteiger partial charge in [0, 0.05) is 50.1 Å². The minimum atomic E-state index is 0.875. The summed E-state index contributed by atoms with van der Waals surface area (Å²) >= 11 is 0. The van der Waals surface area contributed by atoms with Crippen molar-refractivity contribution in [2.45, 2.75) is 0 Å². The number of hydrogen-bond acceptors (Lipinski definition) is 2. The Morgan fingerprint density at radius 1 is 0.442 bits per heavy atom. The molecule has 2 aromatic heterocycles. The summed E-state index contributed by atoms with van der Waals surface area (Å²) in [5.41, 5.74) is 8.51. The molecule has 7 aromatic carbocycles. The summed E-state index contributed by atoms with van der Waals surface area (Å²) in [7, 11) is 0. The largest absolute Gasteiger partial charge is 0.456 e. The fourth-order valence-electron chi connectivity index (χ4n) is 6.68. The summed E-state index contributed by atoms with van der Waals surface area (Å²) in [5, 5.41) is 7.09. The van der Waals surface area contributed by atoms with Gasteiger partial charge in [-0.15, -0.1) is 0 Å². The van der Waals surface area contributed by atoms with Gasteiger partial charge in [-0.2, -0.15) is 0 Å². The molecule has 202 valence electrons. The zero-order valence-corrected chi connectivity index (χ0v) is 23.3. The van der Waals surface area contributed by atoms with E-state index < -0.39 is 0 Å². The first kappa shape index (κ1) is 23.9. The number of nitrogens with zero attached hydrogens (tertiary/aromatic N) is 2. The number of para-hydroxylation sites is 4. The summed E-state index contributed by atoms with van der Waals surface area (Å²) in [4.78, 5) is 2.40. The number of benzene rings is 7. The SMILES string of the molecule is c1ccc(N(c2ccc3c(c2)oc2ccccc23)c2c3ccccc3cc3c4ccccc4n(-c4ccccc4)c23)cc1.